The molecule has 2 rings (SSSR count). The lowest BCUT2D eigenvalue weighted by atomic mass is 9.97. The van der Waals surface area contributed by atoms with Crippen LogP contribution in [0, 0.1) is 0 Å². The molecule has 0 atom stereocenters. The fourth-order valence-electron chi connectivity index (χ4n) is 1.77. The van der Waals surface area contributed by atoms with Crippen LogP contribution in [-0.4, -0.2) is 26.6 Å². The maximum Gasteiger partial charge on any atom is 0.639 e. The van der Waals surface area contributed by atoms with Crippen LogP contribution < -0.4 is 0 Å². The summed E-state index contributed by atoms with van der Waals surface area (Å²) < 4.78 is 16.0. The van der Waals surface area contributed by atoms with Gasteiger partial charge in [0.05, 0.1) is 13.2 Å². The van der Waals surface area contributed by atoms with Gasteiger partial charge in [-0.25, -0.2) is 0 Å². The average Bonchev–Trinajstić information content (AvgIpc) is 2.59. The zero-order valence-electron chi connectivity index (χ0n) is 7.33. The van der Waals surface area contributed by atoms with Crippen LogP contribution >= 0.6 is 0 Å². The minimum absolute atomic E-state index is 0.368. The van der Waals surface area contributed by atoms with E-state index in [-0.39, 0.29) is 7.32 Å². The Labute approximate surface area is 73.6 Å². The molecule has 1 aliphatic heterocycles. The Morgan fingerprint density at radius 2 is 1.67 bits per heavy atom. The molecule has 68 valence electrons. The van der Waals surface area contributed by atoms with Crippen LogP contribution in [0.4, 0.5) is 0 Å². The van der Waals surface area contributed by atoms with E-state index in [9.17, 15) is 0 Å². The molecule has 0 aromatic carbocycles. The highest BCUT2D eigenvalue weighted by Gasteiger charge is 2.30. The molecule has 0 bridgehead atoms. The van der Waals surface area contributed by atoms with E-state index in [4.69, 9.17) is 14.0 Å². The summed E-state index contributed by atoms with van der Waals surface area (Å²) in [5, 5.41) is 0. The fraction of sp³-hybridized carbons (Fsp3) is 1.00. The van der Waals surface area contributed by atoms with E-state index in [0.29, 0.717) is 19.3 Å². The van der Waals surface area contributed by atoms with E-state index in [1.807, 2.05) is 0 Å². The van der Waals surface area contributed by atoms with Gasteiger partial charge in [0.1, 0.15) is 0 Å². The van der Waals surface area contributed by atoms with Gasteiger partial charge < -0.3 is 14.0 Å². The van der Waals surface area contributed by atoms with Crippen molar-refractivity contribution in [3.05, 3.63) is 0 Å². The van der Waals surface area contributed by atoms with Gasteiger partial charge in [0.15, 0.2) is 0 Å². The molecular formula is C8H15BO3. The molecule has 1 heterocycles. The van der Waals surface area contributed by atoms with E-state index in [0.717, 1.165) is 0 Å². The molecule has 0 unspecified atom stereocenters. The van der Waals surface area contributed by atoms with Crippen LogP contribution in [-0.2, 0) is 14.0 Å². The second kappa shape index (κ2) is 4.26. The molecule has 1 saturated carbocycles. The highest BCUT2D eigenvalue weighted by molar-refractivity contribution is 6.37. The lowest BCUT2D eigenvalue weighted by molar-refractivity contribution is 0.0876. The van der Waals surface area contributed by atoms with Crippen molar-refractivity contribution in [3.63, 3.8) is 0 Å². The van der Waals surface area contributed by atoms with Crippen LogP contribution in [0.2, 0.25) is 0 Å². The average molecular weight is 170 g/mol. The molecule has 0 spiro atoms. The van der Waals surface area contributed by atoms with E-state index in [1.165, 1.54) is 32.1 Å². The largest absolute Gasteiger partial charge is 0.639 e. The molecular weight excluding hydrogens is 155 g/mol. The molecule has 0 aromatic heterocycles. The highest BCUT2D eigenvalue weighted by atomic mass is 16.8. The van der Waals surface area contributed by atoms with Gasteiger partial charge in [0.25, 0.3) is 0 Å². The van der Waals surface area contributed by atoms with E-state index < -0.39 is 0 Å². The van der Waals surface area contributed by atoms with Gasteiger partial charge in [0.2, 0.25) is 0 Å². The summed E-state index contributed by atoms with van der Waals surface area (Å²) >= 11 is 0. The van der Waals surface area contributed by atoms with Crippen molar-refractivity contribution in [2.45, 2.75) is 38.2 Å². The molecule has 0 N–H and O–H groups in total. The van der Waals surface area contributed by atoms with Gasteiger partial charge in [0, 0.05) is 6.10 Å². The Morgan fingerprint density at radius 1 is 1.00 bits per heavy atom. The van der Waals surface area contributed by atoms with Crippen molar-refractivity contribution >= 4 is 7.32 Å². The van der Waals surface area contributed by atoms with Crippen molar-refractivity contribution in [2.24, 2.45) is 0 Å². The van der Waals surface area contributed by atoms with Crippen LogP contribution in [0.25, 0.3) is 0 Å². The van der Waals surface area contributed by atoms with Crippen molar-refractivity contribution in [3.8, 4) is 0 Å². The molecule has 1 saturated heterocycles. The Morgan fingerprint density at radius 3 is 2.33 bits per heavy atom. The number of rotatable bonds is 2. The molecule has 0 radical (unpaired) electrons. The standard InChI is InChI=1S/C8H15BO3/c1-2-4-8(5-3-1)12-9-10-6-7-11-9/h8H,1-7H2. The van der Waals surface area contributed by atoms with Gasteiger partial charge in [-0.3, -0.25) is 0 Å². The summed E-state index contributed by atoms with van der Waals surface area (Å²) in [5.74, 6) is 0. The highest BCUT2D eigenvalue weighted by Crippen LogP contribution is 2.21. The first-order valence-electron chi connectivity index (χ1n) is 4.84. The summed E-state index contributed by atoms with van der Waals surface area (Å²) in [6.45, 7) is 1.36. The molecule has 0 amide bonds. The maximum atomic E-state index is 5.61. The second-order valence-corrected chi connectivity index (χ2v) is 3.43. The number of hydrogen-bond donors (Lipinski definition) is 0. The molecule has 12 heavy (non-hydrogen) atoms. The molecule has 0 aromatic rings. The third-order valence-corrected chi connectivity index (χ3v) is 2.45. The number of hydrogen-bond acceptors (Lipinski definition) is 3. The zero-order chi connectivity index (χ0) is 8.23. The lowest BCUT2D eigenvalue weighted by Gasteiger charge is -2.22. The first kappa shape index (κ1) is 8.54. The Balaban J connectivity index is 1.69. The SMILES string of the molecule is C1CCC(OB2OCCO2)CC1. The van der Waals surface area contributed by atoms with E-state index in [1.54, 1.807) is 0 Å². The topological polar surface area (TPSA) is 27.7 Å². The van der Waals surface area contributed by atoms with Crippen LogP contribution in [0.15, 0.2) is 0 Å². The van der Waals surface area contributed by atoms with Crippen molar-refractivity contribution in [1.29, 1.82) is 0 Å². The van der Waals surface area contributed by atoms with Crippen molar-refractivity contribution < 1.29 is 14.0 Å². The summed E-state index contributed by atoms with van der Waals surface area (Å²) in [6.07, 6.45) is 6.65. The molecule has 2 fully saturated rings. The van der Waals surface area contributed by atoms with Gasteiger partial charge in [-0.15, -0.1) is 0 Å². The minimum atomic E-state index is -0.368. The van der Waals surface area contributed by atoms with Crippen LogP contribution in [0.1, 0.15) is 32.1 Å². The monoisotopic (exact) mass is 170 g/mol. The Bertz CT molecular complexity index is 130. The molecule has 2 aliphatic rings. The van der Waals surface area contributed by atoms with E-state index >= 15 is 0 Å². The summed E-state index contributed by atoms with van der Waals surface area (Å²) in [6, 6.07) is 0. The lowest BCUT2D eigenvalue weighted by Crippen LogP contribution is -2.28. The van der Waals surface area contributed by atoms with Gasteiger partial charge in [-0.2, -0.15) is 0 Å². The van der Waals surface area contributed by atoms with Gasteiger partial charge in [-0.1, -0.05) is 19.3 Å². The fourth-order valence-corrected chi connectivity index (χ4v) is 1.77. The molecule has 4 heteroatoms. The molecule has 3 nitrogen and oxygen atoms in total. The van der Waals surface area contributed by atoms with Crippen molar-refractivity contribution in [1.82, 2.24) is 0 Å². The van der Waals surface area contributed by atoms with Crippen molar-refractivity contribution in [2.75, 3.05) is 13.2 Å². The summed E-state index contributed by atoms with van der Waals surface area (Å²) in [7, 11) is -0.368. The van der Waals surface area contributed by atoms with Gasteiger partial charge >= 0.3 is 7.32 Å². The first-order chi connectivity index (χ1) is 5.95. The Hall–Kier alpha value is -0.0551. The van der Waals surface area contributed by atoms with E-state index in [2.05, 4.69) is 0 Å². The third-order valence-electron chi connectivity index (χ3n) is 2.45. The predicted octanol–water partition coefficient (Wildman–Crippen LogP) is 1.37. The summed E-state index contributed by atoms with van der Waals surface area (Å²) in [4.78, 5) is 0. The van der Waals surface area contributed by atoms with Crippen LogP contribution in [0.5, 0.6) is 0 Å². The first-order valence-corrected chi connectivity index (χ1v) is 4.84. The summed E-state index contributed by atoms with van der Waals surface area (Å²) in [5.41, 5.74) is 0. The second-order valence-electron chi connectivity index (χ2n) is 3.43. The predicted molar refractivity (Wildman–Crippen MR) is 45.6 cm³/mol. The smallest absolute Gasteiger partial charge is 0.384 e. The third kappa shape index (κ3) is 2.22. The normalized spacial score (nSPS) is 26.5. The maximum absolute atomic E-state index is 5.61. The quantitative estimate of drug-likeness (QED) is 0.585. The Kier molecular flexibility index (Phi) is 3.03. The molecule has 1 aliphatic carbocycles. The van der Waals surface area contributed by atoms with Gasteiger partial charge in [-0.05, 0) is 12.8 Å². The minimum Gasteiger partial charge on any atom is -0.384 e. The zero-order valence-corrected chi connectivity index (χ0v) is 7.33. The van der Waals surface area contributed by atoms with Crippen LogP contribution in [0.3, 0.4) is 0 Å².